The maximum Gasteiger partial charge on any atom is 0.435 e. The van der Waals surface area contributed by atoms with Crippen LogP contribution in [0, 0.1) is 0 Å². The fourth-order valence-electron chi connectivity index (χ4n) is 3.18. The molecule has 0 saturated carbocycles. The second kappa shape index (κ2) is 11.3. The molecule has 0 saturated heterocycles. The lowest BCUT2D eigenvalue weighted by Gasteiger charge is -2.34. The number of aromatic nitrogens is 2. The van der Waals surface area contributed by atoms with Gasteiger partial charge < -0.3 is 9.47 Å². The first-order valence-electron chi connectivity index (χ1n) is 10.1. The maximum atomic E-state index is 13.7. The van der Waals surface area contributed by atoms with Gasteiger partial charge in [0.25, 0.3) is 5.56 Å². The monoisotopic (exact) mass is 647 g/mol. The number of carbonyl (C=O) groups is 1. The number of nitrogens with zero attached hydrogens (tertiary/aromatic N) is 3. The number of methoxy groups -OCH3 is 1. The number of hydrogen-bond donors (Lipinski definition) is 0. The van der Waals surface area contributed by atoms with E-state index in [4.69, 9.17) is 16.3 Å². The number of halogens is 11. The van der Waals surface area contributed by atoms with Crippen LogP contribution in [0.4, 0.5) is 51.1 Å². The normalized spacial score (nSPS) is 13.4. The first-order chi connectivity index (χ1) is 17.3. The summed E-state index contributed by atoms with van der Waals surface area (Å²) in [6.45, 7) is 1.50. The Hall–Kier alpha value is -2.53. The third-order valence-electron chi connectivity index (χ3n) is 4.80. The zero-order valence-electron chi connectivity index (χ0n) is 19.3. The van der Waals surface area contributed by atoms with Crippen LogP contribution in [0.15, 0.2) is 21.4 Å². The summed E-state index contributed by atoms with van der Waals surface area (Å²) < 4.78 is 132. The average Bonchev–Trinajstić information content (AvgIpc) is 2.78. The van der Waals surface area contributed by atoms with Gasteiger partial charge in [-0.15, -0.1) is 0 Å². The van der Waals surface area contributed by atoms with Gasteiger partial charge in [0.1, 0.15) is 5.02 Å². The lowest BCUT2D eigenvalue weighted by atomic mass is 10.1. The Morgan fingerprint density at radius 2 is 1.66 bits per heavy atom. The first-order valence-corrected chi connectivity index (χ1v) is 11.3. The van der Waals surface area contributed by atoms with Gasteiger partial charge in [0, 0.05) is 13.2 Å². The molecule has 0 N–H and O–H groups in total. The molecule has 0 spiro atoms. The van der Waals surface area contributed by atoms with Crippen molar-refractivity contribution in [3.8, 4) is 0 Å². The van der Waals surface area contributed by atoms with Crippen molar-refractivity contribution in [1.29, 1.82) is 0 Å². The fourth-order valence-corrected chi connectivity index (χ4v) is 4.07. The summed E-state index contributed by atoms with van der Waals surface area (Å²) in [6, 6.07) is -0.134. The van der Waals surface area contributed by atoms with E-state index in [2.05, 4.69) is 25.7 Å². The van der Waals surface area contributed by atoms with Crippen LogP contribution in [0.5, 0.6) is 0 Å². The summed E-state index contributed by atoms with van der Waals surface area (Å²) in [7, 11) is 0.776. The van der Waals surface area contributed by atoms with Crippen LogP contribution in [0.3, 0.4) is 0 Å². The second-order valence-corrected chi connectivity index (χ2v) is 8.35. The van der Waals surface area contributed by atoms with E-state index in [0.717, 1.165) is 7.11 Å². The highest BCUT2D eigenvalue weighted by molar-refractivity contribution is 9.10. The third-order valence-corrected chi connectivity index (χ3v) is 5.98. The van der Waals surface area contributed by atoms with Gasteiger partial charge in [-0.3, -0.25) is 14.3 Å². The molecule has 0 aliphatic heterocycles. The molecule has 0 amide bonds. The van der Waals surface area contributed by atoms with Gasteiger partial charge in [0.05, 0.1) is 28.4 Å². The number of rotatable bonds is 7. The number of esters is 1. The van der Waals surface area contributed by atoms with E-state index in [1.807, 2.05) is 0 Å². The molecule has 7 nitrogen and oxygen atoms in total. The predicted octanol–water partition coefficient (Wildman–Crippen LogP) is 6.41. The van der Waals surface area contributed by atoms with E-state index in [1.165, 1.54) is 13.8 Å². The largest absolute Gasteiger partial charge is 0.466 e. The Morgan fingerprint density at radius 3 is 2.08 bits per heavy atom. The van der Waals surface area contributed by atoms with Crippen LogP contribution >= 0.6 is 27.5 Å². The van der Waals surface area contributed by atoms with Gasteiger partial charge in [-0.05, 0) is 41.9 Å². The van der Waals surface area contributed by atoms with E-state index >= 15 is 0 Å². The molecule has 0 bridgehead atoms. The molecule has 1 atom stereocenters. The van der Waals surface area contributed by atoms with Crippen LogP contribution in [-0.4, -0.2) is 35.5 Å². The van der Waals surface area contributed by atoms with Gasteiger partial charge in [-0.1, -0.05) is 11.6 Å². The van der Waals surface area contributed by atoms with Gasteiger partial charge in [-0.2, -0.15) is 39.5 Å². The molecule has 1 unspecified atom stereocenters. The summed E-state index contributed by atoms with van der Waals surface area (Å²) >= 11 is 8.10. The van der Waals surface area contributed by atoms with Crippen molar-refractivity contribution in [3.05, 3.63) is 48.8 Å². The minimum Gasteiger partial charge on any atom is -0.466 e. The van der Waals surface area contributed by atoms with Crippen molar-refractivity contribution in [2.24, 2.45) is 0 Å². The smallest absolute Gasteiger partial charge is 0.435 e. The predicted molar refractivity (Wildman–Crippen MR) is 118 cm³/mol. The Labute approximate surface area is 221 Å². The summed E-state index contributed by atoms with van der Waals surface area (Å²) in [4.78, 5) is 28.7. The van der Waals surface area contributed by atoms with Crippen LogP contribution in [0.1, 0.15) is 30.7 Å². The number of benzene rings is 1. The first kappa shape index (κ1) is 31.7. The number of ether oxygens (including phenoxy) is 2. The highest BCUT2D eigenvalue weighted by atomic mass is 79.9. The van der Waals surface area contributed by atoms with Gasteiger partial charge in [0.15, 0.2) is 5.69 Å². The molecule has 38 heavy (non-hydrogen) atoms. The van der Waals surface area contributed by atoms with E-state index in [-0.39, 0.29) is 17.0 Å². The van der Waals surface area contributed by atoms with Gasteiger partial charge >= 0.3 is 24.5 Å². The topological polar surface area (TPSA) is 73.7 Å². The molecule has 1 heterocycles. The van der Waals surface area contributed by atoms with E-state index in [9.17, 15) is 49.1 Å². The number of anilines is 2. The maximum absolute atomic E-state index is 13.7. The fraction of sp³-hybridized carbons (Fsp3) is 0.450. The van der Waals surface area contributed by atoms with Crippen LogP contribution < -0.4 is 10.5 Å². The van der Waals surface area contributed by atoms with Crippen molar-refractivity contribution in [2.75, 3.05) is 18.6 Å². The number of alkyl halides is 9. The highest BCUT2D eigenvalue weighted by Gasteiger charge is 2.44. The Kier molecular flexibility index (Phi) is 9.42. The Balaban J connectivity index is 3.22. The molecule has 0 radical (unpaired) electrons. The molecule has 1 aromatic heterocycles. The second-order valence-electron chi connectivity index (χ2n) is 7.17. The molecule has 1 aromatic carbocycles. The molecule has 0 aliphatic rings. The van der Waals surface area contributed by atoms with Crippen molar-refractivity contribution < 1.29 is 53.8 Å². The molecule has 2 rings (SSSR count). The lowest BCUT2D eigenvalue weighted by Crippen LogP contribution is -2.45. The minimum absolute atomic E-state index is 0.113. The SMILES string of the molecule is CCOC(C(=O)OC)N(c1cc(C(F)(F)F)cc(C(F)(F)F)c1Br)c1nc(C(F)(F)F)c(Cl)c(=O)n1CC. The zero-order chi connectivity index (χ0) is 29.4. The Bertz CT molecular complexity index is 1260. The summed E-state index contributed by atoms with van der Waals surface area (Å²) in [6.07, 6.45) is -18.5. The van der Waals surface area contributed by atoms with Crippen molar-refractivity contribution >= 4 is 45.1 Å². The Morgan fingerprint density at radius 1 is 1.08 bits per heavy atom. The standard InChI is InChI=1S/C20H16BrClF9N3O4/c1-4-33-14(35)12(22)13(20(29,30)31)32-17(33)34(15(38-5-2)16(36)37-3)10-7-8(18(23,24)25)6-9(11(10)21)19(26,27)28/h6-7,15H,4-5H2,1-3H3. The minimum atomic E-state index is -5.41. The molecular formula is C20H16BrClF9N3O4. The van der Waals surface area contributed by atoms with E-state index in [1.54, 1.807) is 0 Å². The molecule has 18 heteroatoms. The van der Waals surface area contributed by atoms with Crippen LogP contribution in [-0.2, 0) is 39.3 Å². The molecule has 0 fully saturated rings. The van der Waals surface area contributed by atoms with E-state index in [0.29, 0.717) is 4.57 Å². The molecule has 0 aliphatic carbocycles. The lowest BCUT2D eigenvalue weighted by molar-refractivity contribution is -0.153. The van der Waals surface area contributed by atoms with Crippen molar-refractivity contribution in [1.82, 2.24) is 9.55 Å². The number of carbonyl (C=O) groups excluding carboxylic acids is 1. The molecule has 2 aromatic rings. The quantitative estimate of drug-likeness (QED) is 0.196. The summed E-state index contributed by atoms with van der Waals surface area (Å²) in [5.74, 6) is -2.66. The summed E-state index contributed by atoms with van der Waals surface area (Å²) in [5, 5.41) is -1.42. The van der Waals surface area contributed by atoms with Gasteiger partial charge in [-0.25, -0.2) is 9.78 Å². The molecule has 212 valence electrons. The van der Waals surface area contributed by atoms with Crippen LogP contribution in [0.25, 0.3) is 0 Å². The third kappa shape index (κ3) is 6.36. The number of hydrogen-bond acceptors (Lipinski definition) is 6. The van der Waals surface area contributed by atoms with Crippen molar-refractivity contribution in [3.63, 3.8) is 0 Å². The average molecular weight is 649 g/mol. The van der Waals surface area contributed by atoms with Gasteiger partial charge in [0.2, 0.25) is 12.2 Å². The summed E-state index contributed by atoms with van der Waals surface area (Å²) in [5.41, 5.74) is -8.50. The highest BCUT2D eigenvalue weighted by Crippen LogP contribution is 2.46. The zero-order valence-corrected chi connectivity index (χ0v) is 21.6. The molecular weight excluding hydrogens is 633 g/mol. The van der Waals surface area contributed by atoms with Crippen LogP contribution in [0.2, 0.25) is 5.02 Å². The van der Waals surface area contributed by atoms with Crippen molar-refractivity contribution in [2.45, 2.75) is 45.1 Å². The van der Waals surface area contributed by atoms with E-state index < -0.39 is 87.4 Å².